The molecule has 0 spiro atoms. The first kappa shape index (κ1) is 91.1. The number of carboxylic acid groups (broad SMARTS) is 1. The van der Waals surface area contributed by atoms with Crippen LogP contribution in [0.4, 0.5) is 22.1 Å². The second-order valence-electron chi connectivity index (χ2n) is 29.1. The molecule has 9 atom stereocenters. The number of ether oxygens (including phenoxy) is 2. The molecule has 15 N–H and O–H groups in total. The summed E-state index contributed by atoms with van der Waals surface area (Å²) in [6.45, 7) is 13.1. The minimum atomic E-state index is -4.52. The van der Waals surface area contributed by atoms with E-state index in [2.05, 4.69) is 86.5 Å². The minimum Gasteiger partial charge on any atom is -0.480 e. The highest BCUT2D eigenvalue weighted by atomic mass is 35.5. The van der Waals surface area contributed by atoms with Crippen molar-refractivity contribution in [3.8, 4) is 0 Å². The lowest BCUT2D eigenvalue weighted by atomic mass is 9.83. The Labute approximate surface area is 706 Å². The molecular weight excluding hydrogens is 1660 g/mol. The number of esters is 1. The fourth-order valence-electron chi connectivity index (χ4n) is 14.5. The molecule has 120 heavy (non-hydrogen) atoms. The van der Waals surface area contributed by atoms with Crippen molar-refractivity contribution < 1.29 is 80.3 Å². The maximum atomic E-state index is 14.8. The second-order valence-corrected chi connectivity index (χ2v) is 34.1. The number of fused-ring (bicyclic) bond motifs is 9. The fraction of sp³-hybridized carbons (Fsp3) is 0.430. The summed E-state index contributed by atoms with van der Waals surface area (Å²) in [7, 11) is -1.36. The number of aliphatic carboxylic acids is 1. The molecule has 1 aliphatic carbocycles. The number of carbonyl (C=O) groups excluding carboxylic acids is 10. The zero-order valence-corrected chi connectivity index (χ0v) is 70.8. The van der Waals surface area contributed by atoms with Crippen LogP contribution in [0, 0.1) is 13.8 Å². The largest absolute Gasteiger partial charge is 0.480 e. The molecule has 3 aliphatic rings. The average molecular weight is 1750 g/mol. The van der Waals surface area contributed by atoms with Crippen LogP contribution in [0.3, 0.4) is 0 Å². The number of nitrogens with one attached hydrogen (secondary N) is 11. The van der Waals surface area contributed by atoms with Crippen LogP contribution in [0.5, 0.6) is 0 Å². The number of halogens is 2. The first-order valence-corrected chi connectivity index (χ1v) is 43.7. The molecule has 0 saturated carbocycles. The highest BCUT2D eigenvalue weighted by molar-refractivity contribution is 8.76. The maximum absolute atomic E-state index is 14.8. The molecule has 2 aliphatic heterocycles. The molecule has 2 aromatic carbocycles. The summed E-state index contributed by atoms with van der Waals surface area (Å²) in [5.41, 5.74) is 19.2. The van der Waals surface area contributed by atoms with E-state index in [1.165, 1.54) is 20.2 Å². The van der Waals surface area contributed by atoms with Crippen LogP contribution in [0.25, 0.3) is 33.2 Å². The number of carbonyl (C=O) groups is 11. The van der Waals surface area contributed by atoms with Gasteiger partial charge in [-0.3, -0.25) is 72.9 Å². The maximum Gasteiger partial charge on any atom is 0.426 e. The van der Waals surface area contributed by atoms with Gasteiger partial charge >= 0.3 is 18.0 Å². The van der Waals surface area contributed by atoms with Crippen LogP contribution in [-0.4, -0.2) is 210 Å². The molecular formula is C79H94Cl2N18O18S3. The average Bonchev–Trinajstić information content (AvgIpc) is 1.57. The first-order valence-electron chi connectivity index (χ1n) is 38.5. The first-order chi connectivity index (χ1) is 57.2. The van der Waals surface area contributed by atoms with Gasteiger partial charge < -0.3 is 67.1 Å². The SMILES string of the molecule is CC[C@H]1c2cc3[nH]c4c(c3C)C(=O)C(C(=O)OC)c4c3nc(cc4[nH]c(cc(n2)[C@@H]1C)c(C(C)=O)c4C)[C@@H](C)[C@@H]3CCC(=O)NC(Cc1ccc(N(CCCl)CCCl)cc1)C(=O)NNC(=O)OCCSSC[C@H](NC(=O)[C@H](CC(=O)NCCS(=O)(=O)O)NC(=O)CC[C@@H](C)NC(=O)c1ccc(NCc2cnc3nc(N)[nH]c(=O)c3n2)cc1)C(=O)O. The number of aromatic amines is 3. The number of Topliss-reactive ketones (excluding diaryl/α,β-unsaturated/α-hetero) is 2. The summed E-state index contributed by atoms with van der Waals surface area (Å²) in [6, 6.07) is 13.8. The third kappa shape index (κ3) is 23.0. The number of alkyl halides is 2. The minimum absolute atomic E-state index is 0.00500. The number of amides is 7. The lowest BCUT2D eigenvalue weighted by Gasteiger charge is -2.24. The van der Waals surface area contributed by atoms with E-state index in [1.54, 1.807) is 50.2 Å². The Morgan fingerprint density at radius 3 is 2.09 bits per heavy atom. The van der Waals surface area contributed by atoms with Crippen LogP contribution in [-0.2, 0) is 66.1 Å². The predicted octanol–water partition coefficient (Wildman–Crippen LogP) is 6.97. The van der Waals surface area contributed by atoms with E-state index in [9.17, 15) is 75.6 Å². The van der Waals surface area contributed by atoms with Crippen molar-refractivity contribution in [3.63, 3.8) is 0 Å². The summed E-state index contributed by atoms with van der Waals surface area (Å²) in [5, 5.41) is 25.9. The number of hydrogen-bond acceptors (Lipinski definition) is 26. The van der Waals surface area contributed by atoms with Gasteiger partial charge in [0.15, 0.2) is 22.7 Å². The standard InChI is InChI=1S/C79H94Cl2N18O18S3/c1-9-49-39(3)51-33-56-63(43(7)100)41(5)53(89-56)31-52-40(4)50(67(92-52)65-66(77(111)116-8)70(104)64-42(6)54(93-68(64)65)32-55(49)88-51)19-21-61(102)90-57(30-44-11-17-48(18-12-44)99(25-22-80)26-23-81)74(107)97-98-79(112)117-27-28-118-119-37-59(76(109)110)94-73(106)58(34-62(103)83-24-29-120(113,114)115)91-60(101)20-10-38(2)86-72(105)45-13-15-46(16-14-45)84-35-47-36-85-71-69(87-47)75(108)96-78(82)95-71/h11-18,31-33,36,38-40,49-50,57-59,66,84,89,93H,9-10,19-30,34-35,37H2,1-8H3,(H,83,103)(H,86,105)(H,90,102)(H,91,101)(H,94,106)(H,97,107)(H,98,112)(H,109,110)(H,113,114,115)(H3,82,85,95,96,108)/t38-,39-,40+,49-,50+,57?,58+,59+,66?/m1/s1. The van der Waals surface area contributed by atoms with Crippen LogP contribution in [0.1, 0.15) is 185 Å². The highest BCUT2D eigenvalue weighted by Gasteiger charge is 2.46. The summed E-state index contributed by atoms with van der Waals surface area (Å²) >= 11 is 12.2. The molecule has 0 saturated heterocycles. The number of methoxy groups -OCH3 is 1. The lowest BCUT2D eigenvalue weighted by Crippen LogP contribution is -2.53. The Morgan fingerprint density at radius 2 is 1.42 bits per heavy atom. The quantitative estimate of drug-likeness (QED) is 0.00271. The molecule has 7 aromatic rings. The third-order valence-corrected chi connectivity index (χ3v) is 24.3. The molecule has 7 amide bonds. The van der Waals surface area contributed by atoms with Gasteiger partial charge in [-0.15, -0.1) is 23.2 Å². The number of carboxylic acids is 1. The monoisotopic (exact) mass is 1750 g/mol. The number of benzene rings is 2. The number of hydrogen-bond donors (Lipinski definition) is 14. The molecule has 36 nitrogen and oxygen atoms in total. The van der Waals surface area contributed by atoms with Crippen molar-refractivity contribution in [1.82, 2.24) is 77.3 Å². The van der Waals surface area contributed by atoms with Crippen molar-refractivity contribution in [2.45, 2.75) is 154 Å². The Morgan fingerprint density at radius 1 is 0.750 bits per heavy atom. The number of H-pyrrole nitrogens is 3. The van der Waals surface area contributed by atoms with E-state index in [-0.39, 0.29) is 97.1 Å². The smallest absolute Gasteiger partial charge is 0.426 e. The number of ketones is 2. The van der Waals surface area contributed by atoms with Gasteiger partial charge in [-0.1, -0.05) is 54.5 Å². The van der Waals surface area contributed by atoms with Crippen LogP contribution >= 0.6 is 44.8 Å². The Kier molecular flexibility index (Phi) is 31.2. The van der Waals surface area contributed by atoms with Gasteiger partial charge in [0.2, 0.25) is 29.6 Å². The molecule has 2 unspecified atom stereocenters. The highest BCUT2D eigenvalue weighted by Crippen LogP contribution is 2.49. The number of aromatic nitrogens is 8. The van der Waals surface area contributed by atoms with E-state index < -0.39 is 136 Å². The van der Waals surface area contributed by atoms with Gasteiger partial charge in [-0.2, -0.15) is 13.4 Å². The van der Waals surface area contributed by atoms with Crippen molar-refractivity contribution in [1.29, 1.82) is 0 Å². The van der Waals surface area contributed by atoms with E-state index in [4.69, 9.17) is 48.4 Å². The molecule has 0 radical (unpaired) electrons. The number of rotatable bonds is 38. The van der Waals surface area contributed by atoms with Crippen molar-refractivity contribution in [2.75, 3.05) is 78.3 Å². The molecule has 41 heteroatoms. The van der Waals surface area contributed by atoms with Crippen molar-refractivity contribution >= 4 is 171 Å². The van der Waals surface area contributed by atoms with E-state index >= 15 is 0 Å². The molecule has 7 heterocycles. The summed E-state index contributed by atoms with van der Waals surface area (Å²) in [5.74, 6) is -11.0. The van der Waals surface area contributed by atoms with Crippen LogP contribution < -0.4 is 58.9 Å². The normalized spacial score (nSPS) is 16.4. The molecule has 8 bridgehead atoms. The number of anilines is 3. The topological polar surface area (TPSA) is 535 Å². The summed E-state index contributed by atoms with van der Waals surface area (Å²) in [4.78, 5) is 197. The number of nitrogens with zero attached hydrogens (tertiary/aromatic N) is 6. The summed E-state index contributed by atoms with van der Waals surface area (Å²) < 4.78 is 42.5. The Balaban J connectivity index is 0.759. The van der Waals surface area contributed by atoms with E-state index in [0.717, 1.165) is 45.1 Å². The van der Waals surface area contributed by atoms with Gasteiger partial charge in [0, 0.05) is 154 Å². The zero-order chi connectivity index (χ0) is 87.0. The van der Waals surface area contributed by atoms with Crippen molar-refractivity contribution in [3.05, 3.63) is 151 Å². The number of hydrazine groups is 1. The van der Waals surface area contributed by atoms with Crippen LogP contribution in [0.2, 0.25) is 0 Å². The van der Waals surface area contributed by atoms with Gasteiger partial charge in [0.05, 0.1) is 54.4 Å². The van der Waals surface area contributed by atoms with Gasteiger partial charge in [0.25, 0.3) is 27.5 Å². The fourth-order valence-corrected chi connectivity index (χ4v) is 17.3. The second kappa shape index (κ2) is 41.1. The molecule has 10 rings (SSSR count). The van der Waals surface area contributed by atoms with Gasteiger partial charge in [-0.05, 0) is 118 Å². The number of aryl methyl sites for hydroxylation is 2. The lowest BCUT2D eigenvalue weighted by molar-refractivity contribution is -0.142. The van der Waals surface area contributed by atoms with Crippen LogP contribution in [0.15, 0.2) is 77.7 Å². The van der Waals surface area contributed by atoms with Gasteiger partial charge in [0.1, 0.15) is 30.7 Å². The third-order valence-electron chi connectivity index (χ3n) is 20.9. The van der Waals surface area contributed by atoms with E-state index in [1.807, 2.05) is 49.1 Å². The Hall–Kier alpha value is -11.3. The van der Waals surface area contributed by atoms with Gasteiger partial charge in [-0.25, -0.2) is 25.0 Å². The Bertz CT molecular complexity index is 5440. The number of nitrogen functional groups attached to an aromatic ring is 1. The molecule has 5 aromatic heterocycles. The number of nitrogens with two attached hydrogens (primary N) is 1. The predicted molar refractivity (Wildman–Crippen MR) is 453 cm³/mol. The molecule has 0 fully saturated rings. The molecule has 640 valence electrons. The van der Waals surface area contributed by atoms with Crippen molar-refractivity contribution in [2.24, 2.45) is 0 Å². The summed E-state index contributed by atoms with van der Waals surface area (Å²) in [6.07, 6.45) is -0.308. The van der Waals surface area contributed by atoms with E-state index in [0.29, 0.717) is 103 Å². The zero-order valence-electron chi connectivity index (χ0n) is 66.8.